The fraction of sp³-hybridized carbons (Fsp3) is 0.417. The summed E-state index contributed by atoms with van der Waals surface area (Å²) in [5.41, 5.74) is 1.03. The van der Waals surface area contributed by atoms with Crippen LogP contribution >= 0.6 is 11.6 Å². The molecule has 16 heavy (non-hydrogen) atoms. The van der Waals surface area contributed by atoms with Crippen LogP contribution < -0.4 is 5.32 Å². The highest BCUT2D eigenvalue weighted by atomic mass is 35.5. The van der Waals surface area contributed by atoms with Crippen LogP contribution in [0.25, 0.3) is 0 Å². The summed E-state index contributed by atoms with van der Waals surface area (Å²) >= 11 is 5.79. The van der Waals surface area contributed by atoms with Crippen LogP contribution in [0.2, 0.25) is 5.02 Å². The fourth-order valence-electron chi connectivity index (χ4n) is 1.51. The van der Waals surface area contributed by atoms with Crippen LogP contribution in [0, 0.1) is 0 Å². The van der Waals surface area contributed by atoms with Crippen molar-refractivity contribution in [2.45, 2.75) is 32.4 Å². The summed E-state index contributed by atoms with van der Waals surface area (Å²) in [6.45, 7) is 3.79. The van der Waals surface area contributed by atoms with Crippen LogP contribution in [-0.2, 0) is 4.79 Å². The molecule has 2 atom stereocenters. The Bertz CT molecular complexity index is 351. The van der Waals surface area contributed by atoms with E-state index in [9.17, 15) is 4.79 Å². The van der Waals surface area contributed by atoms with Gasteiger partial charge in [-0.2, -0.15) is 0 Å². The van der Waals surface area contributed by atoms with Crippen LogP contribution in [0.1, 0.15) is 31.9 Å². The van der Waals surface area contributed by atoms with Crippen molar-refractivity contribution >= 4 is 17.6 Å². The third-order valence-electron chi connectivity index (χ3n) is 2.53. The van der Waals surface area contributed by atoms with Crippen LogP contribution in [-0.4, -0.2) is 17.1 Å². The van der Waals surface area contributed by atoms with Gasteiger partial charge in [-0.1, -0.05) is 30.7 Å². The minimum absolute atomic E-state index is 0.00156. The van der Waals surface area contributed by atoms with E-state index in [-0.39, 0.29) is 6.04 Å². The van der Waals surface area contributed by atoms with E-state index in [1.165, 1.54) is 0 Å². The number of benzene rings is 1. The molecule has 1 unspecified atom stereocenters. The summed E-state index contributed by atoms with van der Waals surface area (Å²) in [5, 5.41) is 12.7. The quantitative estimate of drug-likeness (QED) is 0.834. The molecule has 0 aliphatic rings. The third-order valence-corrected chi connectivity index (χ3v) is 2.78. The molecule has 0 aromatic heterocycles. The van der Waals surface area contributed by atoms with Crippen molar-refractivity contribution in [2.75, 3.05) is 0 Å². The van der Waals surface area contributed by atoms with Gasteiger partial charge in [0.15, 0.2) is 0 Å². The van der Waals surface area contributed by atoms with Gasteiger partial charge in [-0.05, 0) is 31.0 Å². The standard InChI is InChI=1S/C12H16ClNO2/c1-3-11(12(15)16)14-8(2)9-4-6-10(13)7-5-9/h4-8,11,14H,3H2,1-2H3,(H,15,16)/t8-,11?/m1/s1. The number of rotatable bonds is 5. The molecule has 0 bridgehead atoms. The number of aliphatic carboxylic acids is 1. The monoisotopic (exact) mass is 241 g/mol. The maximum atomic E-state index is 10.9. The van der Waals surface area contributed by atoms with E-state index in [0.29, 0.717) is 11.4 Å². The lowest BCUT2D eigenvalue weighted by molar-refractivity contribution is -0.139. The van der Waals surface area contributed by atoms with Crippen LogP contribution in [0.5, 0.6) is 0 Å². The zero-order chi connectivity index (χ0) is 12.1. The molecule has 0 saturated heterocycles. The van der Waals surface area contributed by atoms with Crippen molar-refractivity contribution in [1.29, 1.82) is 0 Å². The van der Waals surface area contributed by atoms with Crippen molar-refractivity contribution in [2.24, 2.45) is 0 Å². The molecule has 0 spiro atoms. The number of hydrogen-bond donors (Lipinski definition) is 2. The first kappa shape index (κ1) is 13.0. The van der Waals surface area contributed by atoms with Crippen molar-refractivity contribution in [1.82, 2.24) is 5.32 Å². The van der Waals surface area contributed by atoms with E-state index in [0.717, 1.165) is 5.56 Å². The smallest absolute Gasteiger partial charge is 0.320 e. The Morgan fingerprint density at radius 1 is 1.44 bits per heavy atom. The summed E-state index contributed by atoms with van der Waals surface area (Å²) in [5.74, 6) is -0.816. The maximum absolute atomic E-state index is 10.9. The third kappa shape index (κ3) is 3.51. The first-order valence-corrected chi connectivity index (χ1v) is 5.66. The average molecular weight is 242 g/mol. The van der Waals surface area contributed by atoms with E-state index in [4.69, 9.17) is 16.7 Å². The molecule has 0 saturated carbocycles. The number of hydrogen-bond acceptors (Lipinski definition) is 2. The Morgan fingerprint density at radius 2 is 2.00 bits per heavy atom. The van der Waals surface area contributed by atoms with Gasteiger partial charge < -0.3 is 5.11 Å². The van der Waals surface area contributed by atoms with Crippen molar-refractivity contribution in [3.8, 4) is 0 Å². The van der Waals surface area contributed by atoms with Gasteiger partial charge in [-0.3, -0.25) is 10.1 Å². The lowest BCUT2D eigenvalue weighted by atomic mass is 10.1. The number of carboxylic acid groups (broad SMARTS) is 1. The molecule has 88 valence electrons. The van der Waals surface area contributed by atoms with Gasteiger partial charge in [-0.25, -0.2) is 0 Å². The van der Waals surface area contributed by atoms with E-state index >= 15 is 0 Å². The lowest BCUT2D eigenvalue weighted by Gasteiger charge is -2.19. The molecule has 0 amide bonds. The van der Waals surface area contributed by atoms with Gasteiger partial charge in [0.1, 0.15) is 6.04 Å². The molecule has 3 nitrogen and oxygen atoms in total. The first-order chi connectivity index (χ1) is 7.54. The molecular formula is C12H16ClNO2. The van der Waals surface area contributed by atoms with Crippen molar-refractivity contribution < 1.29 is 9.90 Å². The summed E-state index contributed by atoms with van der Waals surface area (Å²) in [6.07, 6.45) is 0.563. The first-order valence-electron chi connectivity index (χ1n) is 5.29. The highest BCUT2D eigenvalue weighted by molar-refractivity contribution is 6.30. The van der Waals surface area contributed by atoms with Crippen LogP contribution in [0.4, 0.5) is 0 Å². The minimum Gasteiger partial charge on any atom is -0.480 e. The largest absolute Gasteiger partial charge is 0.480 e. The van der Waals surface area contributed by atoms with Gasteiger partial charge in [-0.15, -0.1) is 0 Å². The Kier molecular flexibility index (Phi) is 4.77. The van der Waals surface area contributed by atoms with Gasteiger partial charge in [0.2, 0.25) is 0 Å². The van der Waals surface area contributed by atoms with Crippen molar-refractivity contribution in [3.05, 3.63) is 34.9 Å². The summed E-state index contributed by atoms with van der Waals surface area (Å²) in [4.78, 5) is 10.9. The molecule has 0 aliphatic carbocycles. The Morgan fingerprint density at radius 3 is 2.44 bits per heavy atom. The van der Waals surface area contributed by atoms with E-state index < -0.39 is 12.0 Å². The highest BCUT2D eigenvalue weighted by Crippen LogP contribution is 2.16. The summed E-state index contributed by atoms with van der Waals surface area (Å²) in [7, 11) is 0. The summed E-state index contributed by atoms with van der Waals surface area (Å²) in [6, 6.07) is 6.89. The molecule has 1 rings (SSSR count). The molecule has 1 aromatic carbocycles. The maximum Gasteiger partial charge on any atom is 0.320 e. The van der Waals surface area contributed by atoms with E-state index in [1.54, 1.807) is 12.1 Å². The molecular weight excluding hydrogens is 226 g/mol. The second kappa shape index (κ2) is 5.87. The van der Waals surface area contributed by atoms with Crippen LogP contribution in [0.3, 0.4) is 0 Å². The summed E-state index contributed by atoms with van der Waals surface area (Å²) < 4.78 is 0. The SMILES string of the molecule is CCC(N[C@H](C)c1ccc(Cl)cc1)C(=O)O. The predicted octanol–water partition coefficient (Wildman–Crippen LogP) is 2.85. The predicted molar refractivity (Wildman–Crippen MR) is 64.7 cm³/mol. The van der Waals surface area contributed by atoms with Gasteiger partial charge in [0, 0.05) is 11.1 Å². The molecule has 4 heteroatoms. The number of carboxylic acids is 1. The Hall–Kier alpha value is -1.06. The Labute approximate surface area is 100 Å². The molecule has 0 heterocycles. The zero-order valence-corrected chi connectivity index (χ0v) is 10.2. The molecule has 0 aliphatic heterocycles. The molecule has 0 radical (unpaired) electrons. The highest BCUT2D eigenvalue weighted by Gasteiger charge is 2.17. The number of halogens is 1. The second-order valence-corrected chi connectivity index (χ2v) is 4.18. The number of nitrogens with one attached hydrogen (secondary N) is 1. The molecule has 0 fully saturated rings. The lowest BCUT2D eigenvalue weighted by Crippen LogP contribution is -2.37. The van der Waals surface area contributed by atoms with Crippen molar-refractivity contribution in [3.63, 3.8) is 0 Å². The number of carbonyl (C=O) groups is 1. The fourth-order valence-corrected chi connectivity index (χ4v) is 1.64. The van der Waals surface area contributed by atoms with Gasteiger partial charge in [0.25, 0.3) is 0 Å². The van der Waals surface area contributed by atoms with E-state index in [1.807, 2.05) is 26.0 Å². The normalized spacial score (nSPS) is 14.4. The molecule has 1 aromatic rings. The van der Waals surface area contributed by atoms with Crippen LogP contribution in [0.15, 0.2) is 24.3 Å². The average Bonchev–Trinajstić information content (AvgIpc) is 2.26. The van der Waals surface area contributed by atoms with Gasteiger partial charge >= 0.3 is 5.97 Å². The second-order valence-electron chi connectivity index (χ2n) is 3.74. The topological polar surface area (TPSA) is 49.3 Å². The zero-order valence-electron chi connectivity index (χ0n) is 9.40. The minimum atomic E-state index is -0.816. The Balaban J connectivity index is 2.67. The molecule has 2 N–H and O–H groups in total. The van der Waals surface area contributed by atoms with Gasteiger partial charge in [0.05, 0.1) is 0 Å². The van der Waals surface area contributed by atoms with E-state index in [2.05, 4.69) is 5.32 Å².